The SMILES string of the molecule is CCC1CCCCC1C(=O)c1ccc(OC)cc1. The fourth-order valence-electron chi connectivity index (χ4n) is 3.01. The summed E-state index contributed by atoms with van der Waals surface area (Å²) in [5.74, 6) is 1.94. The van der Waals surface area contributed by atoms with Crippen LogP contribution in [-0.2, 0) is 0 Å². The molecule has 98 valence electrons. The number of carbonyl (C=O) groups is 1. The third-order valence-corrected chi connectivity index (χ3v) is 4.14. The Morgan fingerprint density at radius 2 is 1.89 bits per heavy atom. The highest BCUT2D eigenvalue weighted by molar-refractivity contribution is 5.98. The lowest BCUT2D eigenvalue weighted by Gasteiger charge is -2.29. The molecule has 18 heavy (non-hydrogen) atoms. The lowest BCUT2D eigenvalue weighted by atomic mass is 9.74. The van der Waals surface area contributed by atoms with Gasteiger partial charge in [0.2, 0.25) is 0 Å². The Labute approximate surface area is 109 Å². The van der Waals surface area contributed by atoms with E-state index in [1.807, 2.05) is 24.3 Å². The molecule has 2 rings (SSSR count). The molecular formula is C16H22O2. The number of ether oxygens (including phenoxy) is 1. The van der Waals surface area contributed by atoms with Gasteiger partial charge >= 0.3 is 0 Å². The van der Waals surface area contributed by atoms with Crippen molar-refractivity contribution in [1.29, 1.82) is 0 Å². The highest BCUT2D eigenvalue weighted by Crippen LogP contribution is 2.34. The molecule has 1 aromatic rings. The molecule has 1 aromatic carbocycles. The monoisotopic (exact) mass is 246 g/mol. The van der Waals surface area contributed by atoms with E-state index < -0.39 is 0 Å². The quantitative estimate of drug-likeness (QED) is 0.748. The summed E-state index contributed by atoms with van der Waals surface area (Å²) in [4.78, 5) is 12.5. The van der Waals surface area contributed by atoms with Crippen LogP contribution in [0.1, 0.15) is 49.4 Å². The number of ketones is 1. The largest absolute Gasteiger partial charge is 0.497 e. The molecule has 0 aliphatic heterocycles. The zero-order chi connectivity index (χ0) is 13.0. The zero-order valence-electron chi connectivity index (χ0n) is 11.3. The Balaban J connectivity index is 2.13. The van der Waals surface area contributed by atoms with Crippen LogP contribution in [-0.4, -0.2) is 12.9 Å². The van der Waals surface area contributed by atoms with Crippen molar-refractivity contribution in [3.8, 4) is 5.75 Å². The van der Waals surface area contributed by atoms with Crippen molar-refractivity contribution in [3.05, 3.63) is 29.8 Å². The van der Waals surface area contributed by atoms with Crippen LogP contribution in [0.4, 0.5) is 0 Å². The lowest BCUT2D eigenvalue weighted by Crippen LogP contribution is -2.26. The molecule has 0 spiro atoms. The van der Waals surface area contributed by atoms with Crippen LogP contribution in [0.2, 0.25) is 0 Å². The van der Waals surface area contributed by atoms with Gasteiger partial charge < -0.3 is 4.74 Å². The Morgan fingerprint density at radius 3 is 2.50 bits per heavy atom. The summed E-state index contributed by atoms with van der Waals surface area (Å²) >= 11 is 0. The highest BCUT2D eigenvalue weighted by Gasteiger charge is 2.30. The molecule has 0 heterocycles. The topological polar surface area (TPSA) is 26.3 Å². The van der Waals surface area contributed by atoms with Crippen LogP contribution < -0.4 is 4.74 Å². The molecule has 2 nitrogen and oxygen atoms in total. The Kier molecular flexibility index (Phi) is 4.40. The third-order valence-electron chi connectivity index (χ3n) is 4.14. The average Bonchev–Trinajstić information content (AvgIpc) is 2.46. The zero-order valence-corrected chi connectivity index (χ0v) is 11.3. The first-order valence-corrected chi connectivity index (χ1v) is 6.94. The summed E-state index contributed by atoms with van der Waals surface area (Å²) < 4.78 is 5.13. The van der Waals surface area contributed by atoms with Gasteiger partial charge in [0.05, 0.1) is 7.11 Å². The minimum atomic E-state index is 0.233. The lowest BCUT2D eigenvalue weighted by molar-refractivity contribution is 0.0820. The maximum absolute atomic E-state index is 12.5. The van der Waals surface area contributed by atoms with E-state index in [1.54, 1.807) is 7.11 Å². The summed E-state index contributed by atoms with van der Waals surface area (Å²) in [6.45, 7) is 2.20. The summed E-state index contributed by atoms with van der Waals surface area (Å²) in [6, 6.07) is 7.53. The summed E-state index contributed by atoms with van der Waals surface area (Å²) in [7, 11) is 1.64. The normalized spacial score (nSPS) is 23.7. The van der Waals surface area contributed by atoms with Crippen LogP contribution in [0.3, 0.4) is 0 Å². The van der Waals surface area contributed by atoms with Crippen molar-refractivity contribution in [2.45, 2.75) is 39.0 Å². The molecule has 1 saturated carbocycles. The fraction of sp³-hybridized carbons (Fsp3) is 0.562. The van der Waals surface area contributed by atoms with Gasteiger partial charge in [0.25, 0.3) is 0 Å². The van der Waals surface area contributed by atoms with E-state index in [0.29, 0.717) is 11.7 Å². The Bertz CT molecular complexity index is 394. The van der Waals surface area contributed by atoms with Crippen LogP contribution in [0.15, 0.2) is 24.3 Å². The standard InChI is InChI=1S/C16H22O2/c1-3-12-6-4-5-7-15(12)16(17)13-8-10-14(18-2)11-9-13/h8-12,15H,3-7H2,1-2H3. The first kappa shape index (κ1) is 13.1. The predicted octanol–water partition coefficient (Wildman–Crippen LogP) is 4.09. The van der Waals surface area contributed by atoms with E-state index in [4.69, 9.17) is 4.74 Å². The minimum Gasteiger partial charge on any atom is -0.497 e. The number of rotatable bonds is 4. The number of benzene rings is 1. The van der Waals surface area contributed by atoms with Crippen molar-refractivity contribution < 1.29 is 9.53 Å². The number of Topliss-reactive ketones (excluding diaryl/α,β-unsaturated/α-hetero) is 1. The van der Waals surface area contributed by atoms with Gasteiger partial charge in [-0.25, -0.2) is 0 Å². The van der Waals surface area contributed by atoms with Gasteiger partial charge in [-0.3, -0.25) is 4.79 Å². The first-order valence-electron chi connectivity index (χ1n) is 6.94. The summed E-state index contributed by atoms with van der Waals surface area (Å²) in [5.41, 5.74) is 0.834. The van der Waals surface area contributed by atoms with Crippen LogP contribution in [0.5, 0.6) is 5.75 Å². The van der Waals surface area contributed by atoms with Crippen molar-refractivity contribution in [2.24, 2.45) is 11.8 Å². The molecule has 0 bridgehead atoms. The second kappa shape index (κ2) is 6.03. The number of carbonyl (C=O) groups excluding carboxylic acids is 1. The molecule has 2 unspecified atom stereocenters. The average molecular weight is 246 g/mol. The van der Waals surface area contributed by atoms with Gasteiger partial charge in [-0.2, -0.15) is 0 Å². The van der Waals surface area contributed by atoms with E-state index in [2.05, 4.69) is 6.92 Å². The van der Waals surface area contributed by atoms with Gasteiger partial charge in [0.15, 0.2) is 5.78 Å². The Hall–Kier alpha value is -1.31. The van der Waals surface area contributed by atoms with Gasteiger partial charge in [0.1, 0.15) is 5.75 Å². The number of hydrogen-bond acceptors (Lipinski definition) is 2. The Morgan fingerprint density at radius 1 is 1.22 bits per heavy atom. The molecule has 0 N–H and O–H groups in total. The van der Waals surface area contributed by atoms with Crippen molar-refractivity contribution in [3.63, 3.8) is 0 Å². The molecule has 1 fully saturated rings. The smallest absolute Gasteiger partial charge is 0.166 e. The van der Waals surface area contributed by atoms with Gasteiger partial charge in [0, 0.05) is 11.5 Å². The van der Waals surface area contributed by atoms with E-state index >= 15 is 0 Å². The summed E-state index contributed by atoms with van der Waals surface area (Å²) in [5, 5.41) is 0. The summed E-state index contributed by atoms with van der Waals surface area (Å²) in [6.07, 6.45) is 5.87. The molecule has 0 radical (unpaired) electrons. The number of methoxy groups -OCH3 is 1. The molecule has 0 saturated heterocycles. The van der Waals surface area contributed by atoms with E-state index in [0.717, 1.165) is 24.2 Å². The van der Waals surface area contributed by atoms with E-state index in [1.165, 1.54) is 19.3 Å². The maximum atomic E-state index is 12.5. The maximum Gasteiger partial charge on any atom is 0.166 e. The molecule has 2 atom stereocenters. The third kappa shape index (κ3) is 2.74. The van der Waals surface area contributed by atoms with E-state index in [9.17, 15) is 4.79 Å². The van der Waals surface area contributed by atoms with E-state index in [-0.39, 0.29) is 5.92 Å². The molecular weight excluding hydrogens is 224 g/mol. The first-order chi connectivity index (χ1) is 8.76. The number of hydrogen-bond donors (Lipinski definition) is 0. The van der Waals surface area contributed by atoms with Gasteiger partial charge in [-0.15, -0.1) is 0 Å². The van der Waals surface area contributed by atoms with Crippen LogP contribution in [0.25, 0.3) is 0 Å². The molecule has 2 heteroatoms. The van der Waals surface area contributed by atoms with Crippen molar-refractivity contribution in [1.82, 2.24) is 0 Å². The molecule has 1 aliphatic rings. The second-order valence-electron chi connectivity index (χ2n) is 5.15. The van der Waals surface area contributed by atoms with Crippen LogP contribution in [0, 0.1) is 11.8 Å². The minimum absolute atomic E-state index is 0.233. The van der Waals surface area contributed by atoms with Crippen LogP contribution >= 0.6 is 0 Å². The second-order valence-corrected chi connectivity index (χ2v) is 5.15. The van der Waals surface area contributed by atoms with Crippen molar-refractivity contribution >= 4 is 5.78 Å². The molecule has 0 aromatic heterocycles. The fourth-order valence-corrected chi connectivity index (χ4v) is 3.01. The predicted molar refractivity (Wildman–Crippen MR) is 73.1 cm³/mol. The highest BCUT2D eigenvalue weighted by atomic mass is 16.5. The molecule has 1 aliphatic carbocycles. The van der Waals surface area contributed by atoms with Gasteiger partial charge in [-0.05, 0) is 43.0 Å². The molecule has 0 amide bonds. The van der Waals surface area contributed by atoms with Gasteiger partial charge in [-0.1, -0.05) is 26.2 Å². The van der Waals surface area contributed by atoms with Crippen molar-refractivity contribution in [2.75, 3.05) is 7.11 Å².